The monoisotopic (exact) mass is 1430 g/mol. The average Bonchev–Trinajstić information content (AvgIpc) is 3.68. The maximum atomic E-state index is 9.98. The number of allylic oxidation sites excluding steroid dienone is 6. The molecule has 0 aliphatic carbocycles. The van der Waals surface area contributed by atoms with Gasteiger partial charge in [0.25, 0.3) is 34.6 Å². The SMILES string of the molecule is [Nd+3].[Nd+3].[OH+]=C(C=C([OH2+])c1ccccc1)CCCCCCC(=[OH+])C=C([OH2+])c1ccccc1.[OH+]=C(C=C([OH2+])c1ccccc1)CCCCCCC(=[OH+])C=C([OH2+])c1ccccc1.[OH+]=C(C=C([OH2+])c1ccccc1)CCCCCCC(=[OH+])C=C([OH2+])c1ccccc1. The molecule has 0 amide bonds. The van der Waals surface area contributed by atoms with E-state index >= 15 is 0 Å². The van der Waals surface area contributed by atoms with Gasteiger partial charge in [-0.1, -0.05) is 148 Å². The van der Waals surface area contributed by atoms with Crippen LogP contribution in [0.2, 0.25) is 0 Å². The maximum Gasteiger partial charge on any atom is 3.00 e. The largest absolute Gasteiger partial charge is 3.00 e. The molecule has 0 aliphatic heterocycles. The van der Waals surface area contributed by atoms with Gasteiger partial charge < -0.3 is 30.6 Å². The van der Waals surface area contributed by atoms with Crippen molar-refractivity contribution in [2.75, 3.05) is 0 Å². The Balaban J connectivity index is 0.000000435. The maximum absolute atomic E-state index is 9.98. The van der Waals surface area contributed by atoms with E-state index in [1.807, 2.05) is 182 Å². The second-order valence-corrected chi connectivity index (χ2v) is 20.2. The minimum atomic E-state index is 0. The van der Waals surface area contributed by atoms with Gasteiger partial charge in [-0.3, -0.25) is 28.8 Å². The number of carbonyl (C=O) groups excluding carboxylic acids is 6. The van der Waals surface area contributed by atoms with E-state index in [1.165, 1.54) is 36.5 Å². The number of hydrogen-bond donors (Lipinski definition) is 0. The van der Waals surface area contributed by atoms with Crippen LogP contribution in [0.1, 0.15) is 149 Å². The quantitative estimate of drug-likeness (QED) is 0.0161. The van der Waals surface area contributed by atoms with Crippen LogP contribution >= 0.6 is 0 Å². The van der Waals surface area contributed by atoms with Gasteiger partial charge in [-0.05, 0) is 111 Å². The minimum absolute atomic E-state index is 0. The van der Waals surface area contributed by atoms with Crippen LogP contribution < -0.4 is 0 Å². The molecule has 12 nitrogen and oxygen atoms in total. The molecule has 6 aromatic carbocycles. The summed E-state index contributed by atoms with van der Waals surface area (Å²) < 4.78 is 0. The minimum Gasteiger partial charge on any atom is -0.593 e. The number of unbranched alkanes of at least 4 members (excludes halogenated alkanes) is 9. The molecule has 6 aromatic rings. The standard InChI is InChI=1S/3C24H26O4.2Nd/c3*25-21(17-23(27)19-11-5-3-6-12-19)15-9-1-2-10-16-22(26)18-24(28)20-13-7-4-8-14-20;;/h3*3-8,11-14,17-18,27-28H,1-2,9-10,15-16H2;;/q;;;2*+3/p+12. The second kappa shape index (κ2) is 45.6. The molecule has 18 N–H and O–H groups in total. The first-order chi connectivity index (χ1) is 40.7. The molecule has 0 atom stereocenters. The zero-order valence-electron chi connectivity index (χ0n) is 49.2. The summed E-state index contributed by atoms with van der Waals surface area (Å²) in [6.45, 7) is 0. The molecule has 0 unspecified atom stereocenters. The van der Waals surface area contributed by atoms with Gasteiger partial charge in [-0.25, -0.2) is 0 Å². The Morgan fingerprint density at radius 2 is 0.326 bits per heavy atom. The molecule has 0 heterocycles. The summed E-state index contributed by atoms with van der Waals surface area (Å²) in [5, 5.41) is 47.9. The summed E-state index contributed by atoms with van der Waals surface area (Å²) in [7, 11) is 0. The van der Waals surface area contributed by atoms with E-state index in [0.717, 1.165) is 110 Å². The molecule has 0 saturated carbocycles. The van der Waals surface area contributed by atoms with Crippen molar-refractivity contribution in [3.63, 3.8) is 0 Å². The van der Waals surface area contributed by atoms with E-state index in [9.17, 15) is 28.8 Å². The summed E-state index contributed by atoms with van der Waals surface area (Å²) in [4.78, 5) is 59.9. The molecule has 0 aromatic heterocycles. The van der Waals surface area contributed by atoms with Crippen LogP contribution in [-0.4, -0.2) is 94.1 Å². The zero-order chi connectivity index (χ0) is 60.6. The third-order valence-electron chi connectivity index (χ3n) is 13.2. The predicted molar refractivity (Wildman–Crippen MR) is 353 cm³/mol. The summed E-state index contributed by atoms with van der Waals surface area (Å²) >= 11 is 0. The van der Waals surface area contributed by atoms with Crippen LogP contribution in [0, 0.1) is 81.7 Å². The Morgan fingerprint density at radius 3 is 0.442 bits per heavy atom. The summed E-state index contributed by atoms with van der Waals surface area (Å²) in [6, 6.07) is 56.1. The van der Waals surface area contributed by atoms with E-state index in [4.69, 9.17) is 30.6 Å². The van der Waals surface area contributed by atoms with E-state index in [1.54, 1.807) is 0 Å². The molecule has 14 heteroatoms. The summed E-state index contributed by atoms with van der Waals surface area (Å²) in [5.41, 5.74) is 4.74. The Hall–Kier alpha value is -6.72. The predicted octanol–water partition coefficient (Wildman–Crippen LogP) is 11.8. The third kappa shape index (κ3) is 33.3. The Morgan fingerprint density at radius 1 is 0.209 bits per heavy atom. The second-order valence-electron chi connectivity index (χ2n) is 20.2. The number of rotatable bonds is 33. The number of ketones is 6. The number of hydrogen-bond acceptors (Lipinski definition) is 0. The van der Waals surface area contributed by atoms with E-state index in [2.05, 4.69) is 0 Å². The van der Waals surface area contributed by atoms with Gasteiger partial charge in [0.2, 0.25) is 0 Å². The van der Waals surface area contributed by atoms with Crippen molar-refractivity contribution in [1.82, 2.24) is 0 Å². The first kappa shape index (κ1) is 75.4. The first-order valence-electron chi connectivity index (χ1n) is 28.9. The normalized spacial score (nSPS) is 11.7. The van der Waals surface area contributed by atoms with Crippen molar-refractivity contribution >= 4 is 69.3 Å². The third-order valence-corrected chi connectivity index (χ3v) is 13.2. The van der Waals surface area contributed by atoms with Gasteiger partial charge in [-0.15, -0.1) is 0 Å². The van der Waals surface area contributed by atoms with Gasteiger partial charge in [-0.2, -0.15) is 0 Å². The average molecular weight is 1440 g/mol. The van der Waals surface area contributed by atoms with Crippen LogP contribution in [0.3, 0.4) is 0 Å². The molecule has 0 saturated heterocycles. The van der Waals surface area contributed by atoms with Crippen molar-refractivity contribution in [2.24, 2.45) is 0 Å². The van der Waals surface area contributed by atoms with Crippen LogP contribution in [-0.2, 0) is 0 Å². The summed E-state index contributed by atoms with van der Waals surface area (Å²) in [5.74, 6) is 3.26. The van der Waals surface area contributed by atoms with Crippen molar-refractivity contribution in [2.45, 2.75) is 116 Å². The molecule has 0 bridgehead atoms. The van der Waals surface area contributed by atoms with E-state index < -0.39 is 0 Å². The first-order valence-corrected chi connectivity index (χ1v) is 28.9. The Bertz CT molecular complexity index is 2600. The number of benzene rings is 6. The van der Waals surface area contributed by atoms with Gasteiger partial charge >= 0.3 is 116 Å². The van der Waals surface area contributed by atoms with Crippen LogP contribution in [0.25, 0.3) is 34.6 Å². The molecule has 0 spiro atoms. The molecule has 0 aliphatic rings. The van der Waals surface area contributed by atoms with Gasteiger partial charge in [0, 0.05) is 0 Å². The van der Waals surface area contributed by atoms with Crippen LogP contribution in [0.15, 0.2) is 218 Å². The van der Waals surface area contributed by atoms with Gasteiger partial charge in [0.15, 0.2) is 0 Å². The summed E-state index contributed by atoms with van der Waals surface area (Å²) in [6.07, 6.45) is 23.1. The molecular weight excluding hydrogens is 1350 g/mol. The fourth-order valence-corrected chi connectivity index (χ4v) is 8.54. The van der Waals surface area contributed by atoms with Crippen molar-refractivity contribution < 1.29 is 141 Å². The fraction of sp³-hybridized carbons (Fsp3) is 0.250. The van der Waals surface area contributed by atoms with Crippen molar-refractivity contribution in [3.8, 4) is 0 Å². The van der Waals surface area contributed by atoms with Crippen LogP contribution in [0.5, 0.6) is 0 Å². The van der Waals surface area contributed by atoms with E-state index in [0.29, 0.717) is 73.1 Å². The van der Waals surface area contributed by atoms with Gasteiger partial charge in [0.05, 0.1) is 71.9 Å². The molecule has 86 heavy (non-hydrogen) atoms. The Labute approximate surface area is 572 Å². The smallest absolute Gasteiger partial charge is 0.593 e. The van der Waals surface area contributed by atoms with Gasteiger partial charge in [0.1, 0.15) is 36.5 Å². The topological polar surface area (TPSA) is 266 Å². The fourth-order valence-electron chi connectivity index (χ4n) is 8.54. The van der Waals surface area contributed by atoms with Crippen molar-refractivity contribution in [1.29, 1.82) is 0 Å². The Kier molecular flexibility index (Phi) is 39.9. The molecule has 440 valence electrons. The zero-order valence-corrected chi connectivity index (χ0v) is 55.6. The molecule has 0 fully saturated rings. The van der Waals surface area contributed by atoms with E-state index in [-0.39, 0.29) is 116 Å². The molecular formula is C72H90Nd2O12+18. The molecule has 6 rings (SSSR count). The van der Waals surface area contributed by atoms with Crippen molar-refractivity contribution in [3.05, 3.63) is 252 Å². The van der Waals surface area contributed by atoms with Crippen LogP contribution in [0.4, 0.5) is 0 Å². The molecule has 2 radical (unpaired) electrons.